The first kappa shape index (κ1) is 7.36. The average molecular weight is 180 g/mol. The van der Waals surface area contributed by atoms with E-state index < -0.39 is 0 Å². The normalized spacial score (nSPS) is 10.1. The van der Waals surface area contributed by atoms with Gasteiger partial charge in [0, 0.05) is 18.0 Å². The Kier molecular flexibility index (Phi) is 1.83. The van der Waals surface area contributed by atoms with Crippen LogP contribution in [-0.2, 0) is 0 Å². The second-order valence-corrected chi connectivity index (χ2v) is 3.15. The highest BCUT2D eigenvalue weighted by atomic mass is 32.1. The lowest BCUT2D eigenvalue weighted by Gasteiger charge is -1.89. The second-order valence-electron chi connectivity index (χ2n) is 2.29. The van der Waals surface area contributed by atoms with Crippen molar-refractivity contribution in [3.63, 3.8) is 0 Å². The van der Waals surface area contributed by atoms with E-state index in [-0.39, 0.29) is 0 Å². The number of ether oxygens (including phenoxy) is 1. The molecule has 0 fully saturated rings. The van der Waals surface area contributed by atoms with Crippen molar-refractivity contribution < 1.29 is 4.74 Å². The van der Waals surface area contributed by atoms with Crippen LogP contribution in [0.2, 0.25) is 0 Å². The van der Waals surface area contributed by atoms with Crippen molar-refractivity contribution in [2.75, 3.05) is 7.11 Å². The highest BCUT2D eigenvalue weighted by molar-refractivity contribution is 7.13. The largest absolute Gasteiger partial charge is 0.480 e. The summed E-state index contributed by atoms with van der Waals surface area (Å²) in [5, 5.41) is 2.87. The lowest BCUT2D eigenvalue weighted by atomic mass is 10.4. The average Bonchev–Trinajstić information content (AvgIpc) is 2.75. The molecule has 2 aromatic rings. The van der Waals surface area contributed by atoms with Gasteiger partial charge in [0.05, 0.1) is 12.5 Å². The summed E-state index contributed by atoms with van der Waals surface area (Å²) in [6.07, 6.45) is 3.79. The zero-order chi connectivity index (χ0) is 8.39. The number of hydrogen-bond donors (Lipinski definition) is 1. The fraction of sp³-hybridized carbons (Fsp3) is 0.125. The fourth-order valence-electron chi connectivity index (χ4n) is 0.942. The number of H-pyrrole nitrogens is 1. The van der Waals surface area contributed by atoms with Crippen molar-refractivity contribution in [1.82, 2.24) is 9.97 Å². The van der Waals surface area contributed by atoms with Gasteiger partial charge in [-0.05, 0) is 6.07 Å². The third kappa shape index (κ3) is 1.21. The van der Waals surface area contributed by atoms with E-state index >= 15 is 0 Å². The van der Waals surface area contributed by atoms with Crippen LogP contribution in [0.15, 0.2) is 23.8 Å². The van der Waals surface area contributed by atoms with E-state index in [1.807, 2.05) is 23.8 Å². The van der Waals surface area contributed by atoms with Crippen LogP contribution >= 0.6 is 11.3 Å². The lowest BCUT2D eigenvalue weighted by Crippen LogP contribution is -1.80. The van der Waals surface area contributed by atoms with E-state index in [0.717, 1.165) is 10.6 Å². The minimum Gasteiger partial charge on any atom is -0.480 e. The lowest BCUT2D eigenvalue weighted by molar-refractivity contribution is 0.401. The first-order chi connectivity index (χ1) is 5.90. The summed E-state index contributed by atoms with van der Waals surface area (Å²) in [6, 6.07) is 1.98. The maximum absolute atomic E-state index is 4.98. The molecule has 0 aliphatic carbocycles. The predicted molar refractivity (Wildman–Crippen MR) is 48.5 cm³/mol. The second kappa shape index (κ2) is 2.98. The third-order valence-corrected chi connectivity index (χ3v) is 2.41. The Balaban J connectivity index is 2.35. The van der Waals surface area contributed by atoms with Gasteiger partial charge < -0.3 is 9.72 Å². The quantitative estimate of drug-likeness (QED) is 0.768. The molecule has 2 heterocycles. The zero-order valence-electron chi connectivity index (χ0n) is 6.57. The molecule has 0 atom stereocenters. The molecule has 12 heavy (non-hydrogen) atoms. The molecule has 0 saturated heterocycles. The van der Waals surface area contributed by atoms with Crippen LogP contribution in [0.1, 0.15) is 0 Å². The first-order valence-corrected chi connectivity index (χ1v) is 4.41. The molecule has 0 unspecified atom stereocenters. The molecule has 4 heteroatoms. The van der Waals surface area contributed by atoms with Gasteiger partial charge in [-0.3, -0.25) is 0 Å². The molecule has 3 nitrogen and oxygen atoms in total. The monoisotopic (exact) mass is 180 g/mol. The molecule has 2 aromatic heterocycles. The van der Waals surface area contributed by atoms with Crippen molar-refractivity contribution in [2.45, 2.75) is 0 Å². The minimum atomic E-state index is 0.677. The maximum Gasteiger partial charge on any atom is 0.224 e. The summed E-state index contributed by atoms with van der Waals surface area (Å²) in [7, 11) is 1.62. The van der Waals surface area contributed by atoms with E-state index in [9.17, 15) is 0 Å². The molecule has 0 radical (unpaired) electrons. The van der Waals surface area contributed by atoms with Crippen molar-refractivity contribution >= 4 is 11.3 Å². The van der Waals surface area contributed by atoms with E-state index in [1.54, 1.807) is 18.4 Å². The molecule has 0 aliphatic heterocycles. The Labute approximate surface area is 74.0 Å². The van der Waals surface area contributed by atoms with Crippen LogP contribution in [0.3, 0.4) is 0 Å². The number of thiazole rings is 1. The summed E-state index contributed by atoms with van der Waals surface area (Å²) < 4.78 is 4.98. The molecule has 0 aromatic carbocycles. The van der Waals surface area contributed by atoms with Gasteiger partial charge in [0.2, 0.25) is 5.88 Å². The number of aromatic amines is 1. The van der Waals surface area contributed by atoms with Gasteiger partial charge in [-0.2, -0.15) is 0 Å². The molecule has 0 saturated carbocycles. The topological polar surface area (TPSA) is 37.9 Å². The first-order valence-electron chi connectivity index (χ1n) is 3.53. The molecule has 2 rings (SSSR count). The number of methoxy groups -OCH3 is 1. The Morgan fingerprint density at radius 3 is 3.08 bits per heavy atom. The predicted octanol–water partition coefficient (Wildman–Crippen LogP) is 2.15. The van der Waals surface area contributed by atoms with Crippen LogP contribution < -0.4 is 4.74 Å². The van der Waals surface area contributed by atoms with Crippen molar-refractivity contribution in [2.24, 2.45) is 0 Å². The molecule has 0 aliphatic rings. The number of aromatic nitrogens is 2. The SMILES string of the molecule is COc1csc(-c2cc[nH]c2)n1. The molecular weight excluding hydrogens is 172 g/mol. The van der Waals surface area contributed by atoms with Crippen LogP contribution in [-0.4, -0.2) is 17.1 Å². The Bertz CT molecular complexity index is 353. The van der Waals surface area contributed by atoms with Crippen molar-refractivity contribution in [1.29, 1.82) is 0 Å². The van der Waals surface area contributed by atoms with Gasteiger partial charge in [0.15, 0.2) is 0 Å². The summed E-state index contributed by atoms with van der Waals surface area (Å²) in [6.45, 7) is 0. The van der Waals surface area contributed by atoms with Gasteiger partial charge in [-0.15, -0.1) is 11.3 Å². The fourth-order valence-corrected chi connectivity index (χ4v) is 1.71. The Hall–Kier alpha value is -1.29. The highest BCUT2D eigenvalue weighted by Gasteiger charge is 2.03. The third-order valence-electron chi connectivity index (χ3n) is 1.54. The van der Waals surface area contributed by atoms with E-state index in [1.165, 1.54) is 0 Å². The molecule has 0 bridgehead atoms. The van der Waals surface area contributed by atoms with Gasteiger partial charge >= 0.3 is 0 Å². The molecular formula is C8H8N2OS. The molecule has 62 valence electrons. The van der Waals surface area contributed by atoms with Gasteiger partial charge in [0.1, 0.15) is 5.01 Å². The van der Waals surface area contributed by atoms with Crippen molar-refractivity contribution in [3.05, 3.63) is 23.8 Å². The number of rotatable bonds is 2. The number of nitrogens with one attached hydrogen (secondary N) is 1. The van der Waals surface area contributed by atoms with E-state index in [2.05, 4.69) is 9.97 Å². The molecule has 1 N–H and O–H groups in total. The number of hydrogen-bond acceptors (Lipinski definition) is 3. The van der Waals surface area contributed by atoms with Crippen LogP contribution in [0.5, 0.6) is 5.88 Å². The molecule has 0 amide bonds. The van der Waals surface area contributed by atoms with Gasteiger partial charge in [-0.25, -0.2) is 4.98 Å². The van der Waals surface area contributed by atoms with Crippen molar-refractivity contribution in [3.8, 4) is 16.5 Å². The minimum absolute atomic E-state index is 0.677. The van der Waals surface area contributed by atoms with Crippen LogP contribution in [0.4, 0.5) is 0 Å². The summed E-state index contributed by atoms with van der Waals surface area (Å²) in [4.78, 5) is 7.23. The maximum atomic E-state index is 4.98. The smallest absolute Gasteiger partial charge is 0.224 e. The summed E-state index contributed by atoms with van der Waals surface area (Å²) >= 11 is 1.58. The Morgan fingerprint density at radius 1 is 1.58 bits per heavy atom. The van der Waals surface area contributed by atoms with E-state index in [0.29, 0.717) is 5.88 Å². The summed E-state index contributed by atoms with van der Waals surface area (Å²) in [5.74, 6) is 0.677. The zero-order valence-corrected chi connectivity index (χ0v) is 7.39. The van der Waals surface area contributed by atoms with Crippen LogP contribution in [0.25, 0.3) is 10.6 Å². The van der Waals surface area contributed by atoms with Gasteiger partial charge in [-0.1, -0.05) is 0 Å². The van der Waals surface area contributed by atoms with Gasteiger partial charge in [0.25, 0.3) is 0 Å². The standard InChI is InChI=1S/C8H8N2OS/c1-11-7-5-12-8(10-7)6-2-3-9-4-6/h2-5,9H,1H3. The number of nitrogens with zero attached hydrogens (tertiary/aromatic N) is 1. The molecule has 0 spiro atoms. The van der Waals surface area contributed by atoms with Crippen LogP contribution in [0, 0.1) is 0 Å². The summed E-state index contributed by atoms with van der Waals surface area (Å²) in [5.41, 5.74) is 1.10. The van der Waals surface area contributed by atoms with E-state index in [4.69, 9.17) is 4.74 Å². The Morgan fingerprint density at radius 2 is 2.50 bits per heavy atom. The highest BCUT2D eigenvalue weighted by Crippen LogP contribution is 2.25.